The number of hydrogen-bond donors (Lipinski definition) is 5. The second-order valence-electron chi connectivity index (χ2n) is 13.1. The molecule has 6 N–H and O–H groups in total. The minimum atomic E-state index is 0.0897. The summed E-state index contributed by atoms with van der Waals surface area (Å²) < 4.78 is 0. The number of nitrogens with zero attached hydrogens (tertiary/aromatic N) is 2. The van der Waals surface area contributed by atoms with E-state index in [1.807, 2.05) is 18.5 Å². The van der Waals surface area contributed by atoms with Crippen molar-refractivity contribution in [3.05, 3.63) is 90.3 Å². The van der Waals surface area contributed by atoms with Crippen molar-refractivity contribution in [2.45, 2.75) is 74.0 Å². The maximum atomic E-state index is 6.43. The Bertz CT molecular complexity index is 1760. The molecular weight excluding hydrogens is 506 g/mol. The third-order valence-electron chi connectivity index (χ3n) is 10.2. The molecule has 3 spiro atoms. The number of aromatic amines is 1. The number of nitrogens with one attached hydrogen (secondary N) is 4. The molecule has 2 atom stereocenters. The van der Waals surface area contributed by atoms with E-state index in [1.54, 1.807) is 0 Å². The van der Waals surface area contributed by atoms with E-state index >= 15 is 0 Å². The van der Waals surface area contributed by atoms with Gasteiger partial charge in [-0.15, -0.1) is 0 Å². The van der Waals surface area contributed by atoms with E-state index < -0.39 is 0 Å². The lowest BCUT2D eigenvalue weighted by Gasteiger charge is -2.14. The minimum absolute atomic E-state index is 0.0897. The quantitative estimate of drug-likeness (QED) is 0.216. The number of rotatable bonds is 6. The van der Waals surface area contributed by atoms with Crippen molar-refractivity contribution >= 4 is 16.6 Å². The predicted octanol–water partition coefficient (Wildman–Crippen LogP) is 5.65. The summed E-state index contributed by atoms with van der Waals surface area (Å²) in [4.78, 5) is 13.1. The fourth-order valence-corrected chi connectivity index (χ4v) is 7.13. The first-order valence-corrected chi connectivity index (χ1v) is 15.1. The molecule has 41 heavy (non-hydrogen) atoms. The van der Waals surface area contributed by atoms with E-state index in [4.69, 9.17) is 15.7 Å². The lowest BCUT2D eigenvalue weighted by Crippen LogP contribution is -2.36. The molecule has 4 aromatic rings. The molecule has 7 nitrogen and oxygen atoms in total. The molecule has 0 radical (unpaired) electrons. The highest BCUT2D eigenvalue weighted by molar-refractivity contribution is 5.86. The van der Waals surface area contributed by atoms with Gasteiger partial charge in [0.1, 0.15) is 5.82 Å². The molecule has 1 unspecified atom stereocenters. The highest BCUT2D eigenvalue weighted by Crippen LogP contribution is 2.54. The first-order valence-electron chi connectivity index (χ1n) is 15.1. The summed E-state index contributed by atoms with van der Waals surface area (Å²) in [7, 11) is 0. The molecule has 2 aromatic heterocycles. The molecule has 0 amide bonds. The first kappa shape index (κ1) is 23.7. The number of H-pyrrole nitrogens is 1. The molecule has 4 heterocycles. The second kappa shape index (κ2) is 8.30. The van der Waals surface area contributed by atoms with Crippen molar-refractivity contribution in [2.75, 3.05) is 0 Å². The molecule has 9 rings (SSSR count). The summed E-state index contributed by atoms with van der Waals surface area (Å²) in [5.74, 6) is 1.06. The van der Waals surface area contributed by atoms with Gasteiger partial charge in [-0.3, -0.25) is 5.32 Å². The Morgan fingerprint density at radius 1 is 0.878 bits per heavy atom. The zero-order chi connectivity index (χ0) is 27.2. The molecule has 206 valence electrons. The normalized spacial score (nSPS) is 26.7. The van der Waals surface area contributed by atoms with Gasteiger partial charge >= 0.3 is 0 Å². The Morgan fingerprint density at radius 3 is 2.44 bits per heavy atom. The summed E-state index contributed by atoms with van der Waals surface area (Å²) in [6, 6.07) is 19.6. The van der Waals surface area contributed by atoms with Gasteiger partial charge in [-0.1, -0.05) is 36.4 Å². The van der Waals surface area contributed by atoms with Crippen LogP contribution in [0.15, 0.2) is 78.8 Å². The fourth-order valence-electron chi connectivity index (χ4n) is 7.13. The van der Waals surface area contributed by atoms with E-state index in [9.17, 15) is 0 Å². The van der Waals surface area contributed by atoms with Crippen molar-refractivity contribution in [3.63, 3.8) is 0 Å². The average molecular weight is 542 g/mol. The van der Waals surface area contributed by atoms with Crippen molar-refractivity contribution in [1.29, 1.82) is 0 Å². The number of pyridine rings is 1. The van der Waals surface area contributed by atoms with Crippen LogP contribution in [0.1, 0.15) is 68.9 Å². The summed E-state index contributed by atoms with van der Waals surface area (Å²) in [5.41, 5.74) is 15.5. The number of nitrogens with two attached hydrogens (primary N) is 1. The third-order valence-corrected chi connectivity index (χ3v) is 10.2. The zero-order valence-corrected chi connectivity index (χ0v) is 23.1. The summed E-state index contributed by atoms with van der Waals surface area (Å²) in [6.07, 6.45) is 16.3. The zero-order valence-electron chi connectivity index (χ0n) is 23.1. The molecular formula is C34H35N7. The van der Waals surface area contributed by atoms with Gasteiger partial charge in [0.15, 0.2) is 0 Å². The number of aromatic nitrogens is 3. The highest BCUT2D eigenvalue weighted by Gasteiger charge is 2.59. The Hall–Kier alpha value is -3.94. The molecule has 2 aliphatic heterocycles. The van der Waals surface area contributed by atoms with Gasteiger partial charge < -0.3 is 21.4 Å². The van der Waals surface area contributed by atoms with Crippen LogP contribution < -0.4 is 21.7 Å². The molecule has 5 aliphatic rings. The SMILES string of the molecule is N/C(=C\NC1=CC12CCC1(CC1)N2)c1ccc2cc(-c3ccc(-c4cnc([C@@H]5CCC6(CC6)N5)[nH]4)cc3)ccc2n1. The molecule has 2 aromatic carbocycles. The van der Waals surface area contributed by atoms with Crippen molar-refractivity contribution < 1.29 is 0 Å². The van der Waals surface area contributed by atoms with Crippen LogP contribution >= 0.6 is 0 Å². The smallest absolute Gasteiger partial charge is 0.123 e. The fraction of sp³-hybridized carbons (Fsp3) is 0.353. The molecule has 4 fully saturated rings. The number of imidazole rings is 1. The molecule has 2 saturated heterocycles. The van der Waals surface area contributed by atoms with Crippen molar-refractivity contribution in [3.8, 4) is 22.4 Å². The Morgan fingerprint density at radius 2 is 1.66 bits per heavy atom. The Labute approximate surface area is 239 Å². The van der Waals surface area contributed by atoms with E-state index in [0.29, 0.717) is 22.8 Å². The number of benzene rings is 2. The van der Waals surface area contributed by atoms with Gasteiger partial charge in [0.25, 0.3) is 0 Å². The first-order chi connectivity index (χ1) is 20.0. The summed E-state index contributed by atoms with van der Waals surface area (Å²) in [6.45, 7) is 0. The van der Waals surface area contributed by atoms with Crippen LogP contribution in [0.3, 0.4) is 0 Å². The molecule has 2 saturated carbocycles. The van der Waals surface area contributed by atoms with Gasteiger partial charge in [-0.05, 0) is 92.3 Å². The van der Waals surface area contributed by atoms with Crippen LogP contribution in [0.2, 0.25) is 0 Å². The molecule has 0 bridgehead atoms. The van der Waals surface area contributed by atoms with Gasteiger partial charge in [0.2, 0.25) is 0 Å². The largest absolute Gasteiger partial charge is 0.396 e. The monoisotopic (exact) mass is 541 g/mol. The van der Waals surface area contributed by atoms with Crippen LogP contribution in [0.25, 0.3) is 39.0 Å². The van der Waals surface area contributed by atoms with E-state index in [1.165, 1.54) is 68.2 Å². The van der Waals surface area contributed by atoms with Gasteiger partial charge in [0.05, 0.1) is 40.4 Å². The molecule has 7 heteroatoms. The summed E-state index contributed by atoms with van der Waals surface area (Å²) >= 11 is 0. The van der Waals surface area contributed by atoms with Gasteiger partial charge in [-0.2, -0.15) is 0 Å². The van der Waals surface area contributed by atoms with Crippen LogP contribution in [0.5, 0.6) is 0 Å². The Balaban J connectivity index is 0.883. The van der Waals surface area contributed by atoms with Gasteiger partial charge in [-0.25, -0.2) is 9.97 Å². The molecule has 3 aliphatic carbocycles. The third kappa shape index (κ3) is 4.10. The van der Waals surface area contributed by atoms with E-state index in [-0.39, 0.29) is 5.54 Å². The topological polar surface area (TPSA) is 104 Å². The van der Waals surface area contributed by atoms with Crippen LogP contribution in [0.4, 0.5) is 0 Å². The van der Waals surface area contributed by atoms with Crippen LogP contribution in [-0.2, 0) is 0 Å². The van der Waals surface area contributed by atoms with Crippen LogP contribution in [-0.4, -0.2) is 31.6 Å². The lowest BCUT2D eigenvalue weighted by molar-refractivity contribution is 0.529. The second-order valence-corrected chi connectivity index (χ2v) is 13.1. The maximum Gasteiger partial charge on any atom is 0.123 e. The van der Waals surface area contributed by atoms with Crippen LogP contribution in [0, 0.1) is 0 Å². The maximum absolute atomic E-state index is 6.43. The van der Waals surface area contributed by atoms with Gasteiger partial charge in [0, 0.05) is 28.4 Å². The predicted molar refractivity (Wildman–Crippen MR) is 162 cm³/mol. The highest BCUT2D eigenvalue weighted by atomic mass is 15.2. The summed E-state index contributed by atoms with van der Waals surface area (Å²) in [5, 5.41) is 12.1. The van der Waals surface area contributed by atoms with Crippen molar-refractivity contribution in [1.82, 2.24) is 30.9 Å². The standard InChI is InChI=1S/C34H35N7/c35-25(19-36-30-18-34(30)16-15-33(41-34)13-14-33)27-8-6-24-17-23(5-7-26(24)38-27)21-1-3-22(4-2-21)29-20-37-31(39-29)28-9-10-32(40-28)11-12-32/h1-8,17-20,28,36,40-41H,9-16,35H2,(H,37,39)/b25-19-/t28-,34?/m0/s1. The lowest BCUT2D eigenvalue weighted by atomic mass is 10.0. The minimum Gasteiger partial charge on any atom is -0.396 e. The number of fused-ring (bicyclic) bond motifs is 1. The van der Waals surface area contributed by atoms with Crippen molar-refractivity contribution in [2.24, 2.45) is 5.73 Å². The Kier molecular flexibility index (Phi) is 4.81. The average Bonchev–Trinajstić information content (AvgIpc) is 3.91. The number of hydrogen-bond acceptors (Lipinski definition) is 6. The van der Waals surface area contributed by atoms with E-state index in [2.05, 4.69) is 75.5 Å². The van der Waals surface area contributed by atoms with E-state index in [0.717, 1.165) is 33.7 Å².